The van der Waals surface area contributed by atoms with Gasteiger partial charge in [0.1, 0.15) is 10.7 Å². The molecule has 1 N–H and O–H groups in total. The fraction of sp³-hybridized carbons (Fsp3) is 0.333. The zero-order valence-corrected chi connectivity index (χ0v) is 15.3. The number of piperidine rings is 1. The maximum Gasteiger partial charge on any atom is 0.339 e. The van der Waals surface area contributed by atoms with Gasteiger partial charge in [0.2, 0.25) is 10.0 Å². The number of ether oxygens (including phenoxy) is 1. The summed E-state index contributed by atoms with van der Waals surface area (Å²) in [6.07, 6.45) is 4.17. The molecule has 1 aliphatic heterocycles. The summed E-state index contributed by atoms with van der Waals surface area (Å²) in [6, 6.07) is 10.0. The van der Waals surface area contributed by atoms with Gasteiger partial charge in [-0.1, -0.05) is 18.6 Å². The van der Waals surface area contributed by atoms with E-state index in [0.717, 1.165) is 19.3 Å². The Morgan fingerprint density at radius 3 is 2.50 bits per heavy atom. The Hall–Kier alpha value is -2.45. The number of anilines is 2. The third-order valence-electron chi connectivity index (χ3n) is 4.28. The molecule has 26 heavy (non-hydrogen) atoms. The number of hydrogen-bond donors (Lipinski definition) is 1. The number of carbonyl (C=O) groups excluding carboxylic acids is 1. The maximum absolute atomic E-state index is 12.6. The van der Waals surface area contributed by atoms with E-state index in [-0.39, 0.29) is 4.90 Å². The van der Waals surface area contributed by atoms with Gasteiger partial charge in [-0.25, -0.2) is 18.2 Å². The number of rotatable bonds is 5. The molecule has 1 aromatic carbocycles. The van der Waals surface area contributed by atoms with E-state index in [1.54, 1.807) is 30.3 Å². The molecule has 1 saturated heterocycles. The Kier molecular flexibility index (Phi) is 5.53. The Bertz CT molecular complexity index is 876. The molecule has 0 atom stereocenters. The predicted molar refractivity (Wildman–Crippen MR) is 97.9 cm³/mol. The van der Waals surface area contributed by atoms with Crippen LogP contribution in [0.3, 0.4) is 0 Å². The molecule has 1 aromatic heterocycles. The van der Waals surface area contributed by atoms with Crippen LogP contribution >= 0.6 is 0 Å². The first-order valence-corrected chi connectivity index (χ1v) is 9.87. The lowest BCUT2D eigenvalue weighted by atomic mass is 10.2. The van der Waals surface area contributed by atoms with Gasteiger partial charge in [0.25, 0.3) is 0 Å². The van der Waals surface area contributed by atoms with Crippen molar-refractivity contribution < 1.29 is 17.9 Å². The molecule has 3 rings (SSSR count). The summed E-state index contributed by atoms with van der Waals surface area (Å²) in [5.74, 6) is -0.0173. The molecule has 2 aromatic rings. The maximum atomic E-state index is 12.6. The van der Waals surface area contributed by atoms with E-state index in [9.17, 15) is 13.2 Å². The molecule has 0 unspecified atom stereocenters. The Labute approximate surface area is 153 Å². The van der Waals surface area contributed by atoms with Crippen molar-refractivity contribution in [2.45, 2.75) is 24.2 Å². The van der Waals surface area contributed by atoms with Crippen molar-refractivity contribution in [2.75, 3.05) is 25.5 Å². The van der Waals surface area contributed by atoms with Gasteiger partial charge in [-0.05, 0) is 37.1 Å². The number of hydrogen-bond acceptors (Lipinski definition) is 6. The van der Waals surface area contributed by atoms with Gasteiger partial charge >= 0.3 is 5.97 Å². The van der Waals surface area contributed by atoms with Gasteiger partial charge in [-0.3, -0.25) is 0 Å². The highest BCUT2D eigenvalue weighted by Gasteiger charge is 2.26. The summed E-state index contributed by atoms with van der Waals surface area (Å²) in [5.41, 5.74) is 0.917. The number of methoxy groups -OCH3 is 1. The normalized spacial score (nSPS) is 15.4. The molecule has 0 radical (unpaired) electrons. The third-order valence-corrected chi connectivity index (χ3v) is 6.17. The fourth-order valence-electron chi connectivity index (χ4n) is 2.88. The van der Waals surface area contributed by atoms with Crippen molar-refractivity contribution in [3.8, 4) is 0 Å². The molecule has 1 aliphatic rings. The minimum absolute atomic E-state index is 0.172. The van der Waals surface area contributed by atoms with Crippen LogP contribution in [0.25, 0.3) is 0 Å². The topological polar surface area (TPSA) is 88.6 Å². The fourth-order valence-corrected chi connectivity index (χ4v) is 4.34. The SMILES string of the molecule is COC(=O)c1ccccc1Nc1ccc(S(=O)(=O)N2CCCCC2)cn1. The lowest BCUT2D eigenvalue weighted by Gasteiger charge is -2.25. The van der Waals surface area contributed by atoms with Crippen LogP contribution in [0.2, 0.25) is 0 Å². The van der Waals surface area contributed by atoms with E-state index in [4.69, 9.17) is 4.74 Å². The molecular weight excluding hydrogens is 354 g/mol. The predicted octanol–water partition coefficient (Wildman–Crippen LogP) is 2.79. The van der Waals surface area contributed by atoms with Crippen molar-refractivity contribution in [3.05, 3.63) is 48.2 Å². The average molecular weight is 375 g/mol. The molecule has 8 heteroatoms. The largest absolute Gasteiger partial charge is 0.465 e. The number of carbonyl (C=O) groups is 1. The first-order valence-electron chi connectivity index (χ1n) is 8.43. The number of nitrogens with zero attached hydrogens (tertiary/aromatic N) is 2. The summed E-state index contributed by atoms with van der Waals surface area (Å²) in [5, 5.41) is 3.03. The van der Waals surface area contributed by atoms with Crippen LogP contribution in [0.5, 0.6) is 0 Å². The van der Waals surface area contributed by atoms with E-state index in [0.29, 0.717) is 30.2 Å². The molecule has 1 fully saturated rings. The average Bonchev–Trinajstić information content (AvgIpc) is 2.69. The summed E-state index contributed by atoms with van der Waals surface area (Å²) >= 11 is 0. The number of sulfonamides is 1. The van der Waals surface area contributed by atoms with Gasteiger partial charge in [-0.2, -0.15) is 4.31 Å². The Morgan fingerprint density at radius 1 is 1.12 bits per heavy atom. The summed E-state index contributed by atoms with van der Waals surface area (Å²) in [4.78, 5) is 16.2. The molecule has 0 bridgehead atoms. The van der Waals surface area contributed by atoms with Crippen molar-refractivity contribution >= 4 is 27.5 Å². The smallest absolute Gasteiger partial charge is 0.339 e. The Balaban J connectivity index is 1.79. The molecule has 0 aliphatic carbocycles. The van der Waals surface area contributed by atoms with Crippen LogP contribution < -0.4 is 5.32 Å². The van der Waals surface area contributed by atoms with Gasteiger partial charge in [0, 0.05) is 19.3 Å². The molecule has 2 heterocycles. The van der Waals surface area contributed by atoms with Crippen LogP contribution in [0.1, 0.15) is 29.6 Å². The monoisotopic (exact) mass is 375 g/mol. The molecule has 0 amide bonds. The number of esters is 1. The number of nitrogens with one attached hydrogen (secondary N) is 1. The number of para-hydroxylation sites is 1. The standard InChI is InChI=1S/C18H21N3O4S/c1-25-18(22)15-7-3-4-8-16(15)20-17-10-9-14(13-19-17)26(23,24)21-11-5-2-6-12-21/h3-4,7-10,13H,2,5-6,11-12H2,1H3,(H,19,20). The van der Waals surface area contributed by atoms with E-state index >= 15 is 0 Å². The molecule has 0 saturated carbocycles. The van der Waals surface area contributed by atoms with E-state index in [1.165, 1.54) is 23.7 Å². The second-order valence-electron chi connectivity index (χ2n) is 6.01. The highest BCUT2D eigenvalue weighted by Crippen LogP contribution is 2.23. The van der Waals surface area contributed by atoms with Crippen LogP contribution in [0.15, 0.2) is 47.5 Å². The van der Waals surface area contributed by atoms with Gasteiger partial charge in [0.15, 0.2) is 0 Å². The summed E-state index contributed by atoms with van der Waals surface area (Å²) < 4.78 is 31.6. The van der Waals surface area contributed by atoms with E-state index in [2.05, 4.69) is 10.3 Å². The van der Waals surface area contributed by atoms with Crippen LogP contribution in [0, 0.1) is 0 Å². The summed E-state index contributed by atoms with van der Waals surface area (Å²) in [6.45, 7) is 1.10. The summed E-state index contributed by atoms with van der Waals surface area (Å²) in [7, 11) is -2.19. The first kappa shape index (κ1) is 18.3. The van der Waals surface area contributed by atoms with Crippen LogP contribution in [-0.2, 0) is 14.8 Å². The zero-order chi connectivity index (χ0) is 18.6. The minimum atomic E-state index is -3.51. The lowest BCUT2D eigenvalue weighted by molar-refractivity contribution is 0.0602. The van der Waals surface area contributed by atoms with Gasteiger partial charge < -0.3 is 10.1 Å². The number of benzene rings is 1. The molecular formula is C18H21N3O4S. The van der Waals surface area contributed by atoms with Crippen molar-refractivity contribution in [2.24, 2.45) is 0 Å². The highest BCUT2D eigenvalue weighted by atomic mass is 32.2. The van der Waals surface area contributed by atoms with Crippen molar-refractivity contribution in [1.82, 2.24) is 9.29 Å². The first-order chi connectivity index (χ1) is 12.5. The van der Waals surface area contributed by atoms with Crippen molar-refractivity contribution in [3.63, 3.8) is 0 Å². The molecule has 138 valence electrons. The third kappa shape index (κ3) is 3.86. The quantitative estimate of drug-likeness (QED) is 0.809. The highest BCUT2D eigenvalue weighted by molar-refractivity contribution is 7.89. The molecule has 0 spiro atoms. The Morgan fingerprint density at radius 2 is 1.85 bits per heavy atom. The van der Waals surface area contributed by atoms with Crippen LogP contribution in [-0.4, -0.2) is 43.9 Å². The van der Waals surface area contributed by atoms with Gasteiger partial charge in [-0.15, -0.1) is 0 Å². The second-order valence-corrected chi connectivity index (χ2v) is 7.94. The molecule has 7 nitrogen and oxygen atoms in total. The van der Waals surface area contributed by atoms with Crippen molar-refractivity contribution in [1.29, 1.82) is 0 Å². The van der Waals surface area contributed by atoms with E-state index < -0.39 is 16.0 Å². The van der Waals surface area contributed by atoms with Gasteiger partial charge in [0.05, 0.1) is 18.4 Å². The van der Waals surface area contributed by atoms with E-state index in [1.807, 2.05) is 0 Å². The number of pyridine rings is 1. The van der Waals surface area contributed by atoms with Crippen LogP contribution in [0.4, 0.5) is 11.5 Å². The lowest BCUT2D eigenvalue weighted by Crippen LogP contribution is -2.35. The number of aromatic nitrogens is 1. The second kappa shape index (κ2) is 7.84. The minimum Gasteiger partial charge on any atom is -0.465 e. The zero-order valence-electron chi connectivity index (χ0n) is 14.5.